The molecular formula is C19H27NaO9P+. The van der Waals surface area contributed by atoms with E-state index >= 15 is 0 Å². The Morgan fingerprint density at radius 3 is 2.60 bits per heavy atom. The molecular weight excluding hydrogens is 426 g/mol. The molecule has 0 saturated heterocycles. The molecule has 162 valence electrons. The molecule has 5 N–H and O–H groups in total. The van der Waals surface area contributed by atoms with Crippen molar-refractivity contribution in [1.82, 2.24) is 0 Å². The molecule has 0 radical (unpaired) electrons. The fraction of sp³-hybridized carbons (Fsp3) is 0.421. The van der Waals surface area contributed by atoms with E-state index in [9.17, 15) is 19.6 Å². The SMILES string of the molecule is C[C@@](O)(/C=C/[C@H]1CC=CC(=O)O1)[C@@H](C[C@@H](O)\C=C/C=C\C=C\CO)OP(=O)(O)O.[Na+]. The summed E-state index contributed by atoms with van der Waals surface area (Å²) in [4.78, 5) is 29.6. The molecule has 0 saturated carbocycles. The van der Waals surface area contributed by atoms with Crippen molar-refractivity contribution in [3.8, 4) is 0 Å². The van der Waals surface area contributed by atoms with Gasteiger partial charge in [0, 0.05) is 18.9 Å². The molecule has 1 aliphatic heterocycles. The number of hydrogen-bond donors (Lipinski definition) is 5. The maximum atomic E-state index is 11.3. The fourth-order valence-electron chi connectivity index (χ4n) is 2.37. The Kier molecular flexibility index (Phi) is 13.9. The molecule has 0 aromatic heterocycles. The molecule has 0 bridgehead atoms. The zero-order chi connectivity index (χ0) is 21.9. The van der Waals surface area contributed by atoms with E-state index in [-0.39, 0.29) is 42.6 Å². The minimum Gasteiger partial charge on any atom is -0.455 e. The zero-order valence-electron chi connectivity index (χ0n) is 16.9. The predicted octanol–water partition coefficient (Wildman–Crippen LogP) is -1.94. The number of aliphatic hydroxyl groups excluding tert-OH is 2. The van der Waals surface area contributed by atoms with Gasteiger partial charge in [0.05, 0.1) is 12.7 Å². The zero-order valence-corrected chi connectivity index (χ0v) is 19.8. The van der Waals surface area contributed by atoms with Crippen LogP contribution in [0.15, 0.2) is 60.8 Å². The van der Waals surface area contributed by atoms with Crippen molar-refractivity contribution in [2.24, 2.45) is 0 Å². The number of hydrogen-bond acceptors (Lipinski definition) is 7. The van der Waals surface area contributed by atoms with E-state index in [1.807, 2.05) is 0 Å². The molecule has 0 spiro atoms. The van der Waals surface area contributed by atoms with E-state index < -0.39 is 37.7 Å². The summed E-state index contributed by atoms with van der Waals surface area (Å²) in [6.07, 6.45) is 11.5. The maximum absolute atomic E-state index is 11.3. The molecule has 9 nitrogen and oxygen atoms in total. The number of aliphatic hydroxyl groups is 3. The van der Waals surface area contributed by atoms with Crippen LogP contribution in [-0.4, -0.2) is 61.6 Å². The van der Waals surface area contributed by atoms with E-state index in [2.05, 4.69) is 4.52 Å². The third kappa shape index (κ3) is 12.8. The first-order valence-electron chi connectivity index (χ1n) is 8.85. The summed E-state index contributed by atoms with van der Waals surface area (Å²) in [5.74, 6) is -0.531. The van der Waals surface area contributed by atoms with E-state index in [4.69, 9.17) is 19.6 Å². The van der Waals surface area contributed by atoms with Crippen LogP contribution < -0.4 is 29.6 Å². The van der Waals surface area contributed by atoms with Crippen LogP contribution >= 0.6 is 7.82 Å². The van der Waals surface area contributed by atoms with Gasteiger partial charge in [-0.1, -0.05) is 48.6 Å². The molecule has 11 heteroatoms. The minimum absolute atomic E-state index is 0. The number of esters is 1. The Labute approximate surface area is 197 Å². The molecule has 4 atom stereocenters. The number of carbonyl (C=O) groups excluding carboxylic acids is 1. The molecule has 30 heavy (non-hydrogen) atoms. The Hall–Kier alpha value is -0.840. The molecule has 0 unspecified atom stereocenters. The van der Waals surface area contributed by atoms with Gasteiger partial charge in [0.2, 0.25) is 0 Å². The molecule has 1 rings (SSSR count). The summed E-state index contributed by atoms with van der Waals surface area (Å²) in [6.45, 7) is 1.16. The van der Waals surface area contributed by atoms with Crippen molar-refractivity contribution in [2.45, 2.75) is 43.7 Å². The van der Waals surface area contributed by atoms with Gasteiger partial charge >= 0.3 is 43.3 Å². The Bertz CT molecular complexity index is 722. The van der Waals surface area contributed by atoms with Crippen molar-refractivity contribution < 1.29 is 73.3 Å². The second kappa shape index (κ2) is 14.3. The summed E-state index contributed by atoms with van der Waals surface area (Å²) in [5, 5.41) is 29.4. The van der Waals surface area contributed by atoms with Gasteiger partial charge in [-0.25, -0.2) is 9.36 Å². The van der Waals surface area contributed by atoms with Crippen molar-refractivity contribution in [2.75, 3.05) is 6.61 Å². The van der Waals surface area contributed by atoms with Crippen LogP contribution in [0, 0.1) is 0 Å². The standard InChI is InChI=1S/C19H27O9P.Na/c1-19(23,12-11-16-9-7-10-18(22)27-16)17(28-29(24,25)26)14-15(21)8-5-3-2-4-6-13-20;/h2-8,10-12,15-17,20-21,23H,9,13-14H2,1H3,(H2,24,25,26);/q;+1/b3-2-,6-4+,8-5-,12-11+;/t15-,16+,17+,19+;/m0./s1. The van der Waals surface area contributed by atoms with Crippen molar-refractivity contribution >= 4 is 13.8 Å². The van der Waals surface area contributed by atoms with Crippen LogP contribution in [0.5, 0.6) is 0 Å². The number of ether oxygens (including phenoxy) is 1. The van der Waals surface area contributed by atoms with Crippen LogP contribution in [0.3, 0.4) is 0 Å². The van der Waals surface area contributed by atoms with Gasteiger partial charge < -0.3 is 29.8 Å². The predicted molar refractivity (Wildman–Crippen MR) is 105 cm³/mol. The molecule has 0 amide bonds. The van der Waals surface area contributed by atoms with Crippen LogP contribution in [-0.2, 0) is 18.6 Å². The van der Waals surface area contributed by atoms with Crippen LogP contribution in [0.25, 0.3) is 0 Å². The summed E-state index contributed by atoms with van der Waals surface area (Å²) in [6, 6.07) is 0. The Morgan fingerprint density at radius 2 is 2.00 bits per heavy atom. The van der Waals surface area contributed by atoms with Gasteiger partial charge in [0.25, 0.3) is 0 Å². The summed E-state index contributed by atoms with van der Waals surface area (Å²) in [5.41, 5.74) is -1.87. The second-order valence-corrected chi connectivity index (χ2v) is 7.66. The van der Waals surface area contributed by atoms with Crippen molar-refractivity contribution in [1.29, 1.82) is 0 Å². The number of phosphoric ester groups is 1. The monoisotopic (exact) mass is 453 g/mol. The number of cyclic esters (lactones) is 1. The maximum Gasteiger partial charge on any atom is 1.00 e. The molecule has 0 aromatic carbocycles. The van der Waals surface area contributed by atoms with Crippen molar-refractivity contribution in [3.05, 3.63) is 60.8 Å². The number of allylic oxidation sites excluding steroid dienone is 4. The molecule has 0 aromatic rings. The Morgan fingerprint density at radius 1 is 1.33 bits per heavy atom. The minimum atomic E-state index is -4.96. The van der Waals surface area contributed by atoms with Gasteiger partial charge in [-0.2, -0.15) is 0 Å². The number of phosphoric acid groups is 1. The van der Waals surface area contributed by atoms with E-state index in [0.29, 0.717) is 6.42 Å². The first-order chi connectivity index (χ1) is 13.5. The average Bonchev–Trinajstić information content (AvgIpc) is 2.61. The summed E-state index contributed by atoms with van der Waals surface area (Å²) in [7, 11) is -4.96. The smallest absolute Gasteiger partial charge is 0.455 e. The summed E-state index contributed by atoms with van der Waals surface area (Å²) >= 11 is 0. The van der Waals surface area contributed by atoms with Gasteiger partial charge in [0.1, 0.15) is 17.8 Å². The van der Waals surface area contributed by atoms with E-state index in [1.54, 1.807) is 24.3 Å². The summed E-state index contributed by atoms with van der Waals surface area (Å²) < 4.78 is 21.0. The van der Waals surface area contributed by atoms with Crippen LogP contribution in [0.4, 0.5) is 0 Å². The first kappa shape index (κ1) is 29.2. The molecule has 1 heterocycles. The van der Waals surface area contributed by atoms with E-state index in [1.165, 1.54) is 43.4 Å². The second-order valence-electron chi connectivity index (χ2n) is 6.47. The molecule has 0 aliphatic carbocycles. The molecule has 0 fully saturated rings. The average molecular weight is 453 g/mol. The third-order valence-corrected chi connectivity index (χ3v) is 4.35. The largest absolute Gasteiger partial charge is 1.00 e. The normalized spacial score (nSPS) is 21.8. The van der Waals surface area contributed by atoms with Gasteiger partial charge in [0.15, 0.2) is 0 Å². The van der Waals surface area contributed by atoms with E-state index in [0.717, 1.165) is 0 Å². The topological polar surface area (TPSA) is 154 Å². The van der Waals surface area contributed by atoms with Crippen LogP contribution in [0.2, 0.25) is 0 Å². The fourth-order valence-corrected chi connectivity index (χ4v) is 3.01. The van der Waals surface area contributed by atoms with Gasteiger partial charge in [-0.05, 0) is 13.0 Å². The number of carbonyl (C=O) groups is 1. The number of rotatable bonds is 11. The van der Waals surface area contributed by atoms with Crippen molar-refractivity contribution in [3.63, 3.8) is 0 Å². The first-order valence-corrected chi connectivity index (χ1v) is 10.4. The quantitative estimate of drug-likeness (QED) is 0.0790. The molecule has 1 aliphatic rings. The Balaban J connectivity index is 0.00000841. The van der Waals surface area contributed by atoms with Gasteiger partial charge in [-0.3, -0.25) is 4.52 Å². The third-order valence-electron chi connectivity index (χ3n) is 3.82. The van der Waals surface area contributed by atoms with Gasteiger partial charge in [-0.15, -0.1) is 0 Å². The van der Waals surface area contributed by atoms with Crippen LogP contribution in [0.1, 0.15) is 19.8 Å².